The summed E-state index contributed by atoms with van der Waals surface area (Å²) < 4.78 is 0. The Balaban J connectivity index is 1.60. The number of rotatable bonds is 6. The van der Waals surface area contributed by atoms with E-state index in [0.717, 1.165) is 26.1 Å². The van der Waals surface area contributed by atoms with Gasteiger partial charge in [0.15, 0.2) is 0 Å². The van der Waals surface area contributed by atoms with E-state index in [0.29, 0.717) is 18.4 Å². The Morgan fingerprint density at radius 1 is 1.16 bits per heavy atom. The number of nitrogens with zero attached hydrogens (tertiary/aromatic N) is 1. The van der Waals surface area contributed by atoms with Gasteiger partial charge in [-0.3, -0.25) is 9.69 Å². The van der Waals surface area contributed by atoms with Gasteiger partial charge < -0.3 is 10.4 Å². The van der Waals surface area contributed by atoms with E-state index in [2.05, 4.69) is 10.2 Å². The van der Waals surface area contributed by atoms with Crippen molar-refractivity contribution in [3.63, 3.8) is 0 Å². The number of nitrogens with one attached hydrogen (secondary N) is 1. The van der Waals surface area contributed by atoms with Crippen LogP contribution in [0.15, 0.2) is 0 Å². The first-order valence-corrected chi connectivity index (χ1v) is 7.91. The summed E-state index contributed by atoms with van der Waals surface area (Å²) in [6, 6.07) is 0.306. The van der Waals surface area contributed by atoms with Crippen LogP contribution < -0.4 is 5.32 Å². The summed E-state index contributed by atoms with van der Waals surface area (Å²) in [5.74, 6) is 0.838. The molecule has 0 radical (unpaired) electrons. The van der Waals surface area contributed by atoms with Crippen LogP contribution in [-0.2, 0) is 4.79 Å². The van der Waals surface area contributed by atoms with Crippen LogP contribution in [0.3, 0.4) is 0 Å². The van der Waals surface area contributed by atoms with Crippen molar-refractivity contribution in [2.45, 2.75) is 57.4 Å². The third-order valence-corrected chi connectivity index (χ3v) is 4.63. The van der Waals surface area contributed by atoms with Gasteiger partial charge in [-0.15, -0.1) is 0 Å². The lowest BCUT2D eigenvalue weighted by atomic mass is 10.0. The Labute approximate surface area is 116 Å². The van der Waals surface area contributed by atoms with Crippen molar-refractivity contribution in [2.24, 2.45) is 5.92 Å². The summed E-state index contributed by atoms with van der Waals surface area (Å²) in [5.41, 5.74) is 0. The molecule has 2 N–H and O–H groups in total. The van der Waals surface area contributed by atoms with Gasteiger partial charge in [0, 0.05) is 25.6 Å². The minimum atomic E-state index is 0.212. The summed E-state index contributed by atoms with van der Waals surface area (Å²) in [7, 11) is 0. The maximum absolute atomic E-state index is 11.8. The number of hydrogen-bond donors (Lipinski definition) is 2. The Morgan fingerprint density at radius 2 is 1.89 bits per heavy atom. The van der Waals surface area contributed by atoms with Gasteiger partial charge in [0.2, 0.25) is 5.91 Å². The highest BCUT2D eigenvalue weighted by Crippen LogP contribution is 2.27. The molecule has 1 amide bonds. The molecule has 4 heteroatoms. The molecular formula is C15H28N2O2. The SMILES string of the molecule is O=C(CC1CCCC1)NCCN1CCCC[C@@H]1CO. The minimum absolute atomic E-state index is 0.212. The zero-order valence-electron chi connectivity index (χ0n) is 11.9. The molecule has 0 aromatic carbocycles. The first-order valence-electron chi connectivity index (χ1n) is 7.91. The molecule has 110 valence electrons. The molecule has 1 atom stereocenters. The lowest BCUT2D eigenvalue weighted by Gasteiger charge is -2.34. The van der Waals surface area contributed by atoms with Crippen molar-refractivity contribution in [2.75, 3.05) is 26.2 Å². The van der Waals surface area contributed by atoms with Crippen LogP contribution in [-0.4, -0.2) is 48.2 Å². The molecule has 0 bridgehead atoms. The van der Waals surface area contributed by atoms with E-state index < -0.39 is 0 Å². The highest BCUT2D eigenvalue weighted by molar-refractivity contribution is 5.76. The van der Waals surface area contributed by atoms with Crippen LogP contribution in [0.1, 0.15) is 51.4 Å². The molecule has 2 fully saturated rings. The van der Waals surface area contributed by atoms with E-state index in [4.69, 9.17) is 0 Å². The van der Waals surface area contributed by atoms with E-state index >= 15 is 0 Å². The van der Waals surface area contributed by atoms with Crippen LogP contribution in [0.4, 0.5) is 0 Å². The number of amides is 1. The summed E-state index contributed by atoms with van der Waals surface area (Å²) in [6.45, 7) is 2.91. The van der Waals surface area contributed by atoms with Crippen molar-refractivity contribution in [3.05, 3.63) is 0 Å². The maximum atomic E-state index is 11.8. The Hall–Kier alpha value is -0.610. The van der Waals surface area contributed by atoms with Crippen molar-refractivity contribution >= 4 is 5.91 Å². The van der Waals surface area contributed by atoms with Crippen molar-refractivity contribution in [3.8, 4) is 0 Å². The highest BCUT2D eigenvalue weighted by atomic mass is 16.3. The van der Waals surface area contributed by atoms with E-state index in [1.165, 1.54) is 38.5 Å². The van der Waals surface area contributed by atoms with Gasteiger partial charge in [0.1, 0.15) is 0 Å². The van der Waals surface area contributed by atoms with Crippen LogP contribution >= 0.6 is 0 Å². The molecule has 0 unspecified atom stereocenters. The monoisotopic (exact) mass is 268 g/mol. The Morgan fingerprint density at radius 3 is 2.63 bits per heavy atom. The average molecular weight is 268 g/mol. The first kappa shape index (κ1) is 14.8. The molecule has 1 heterocycles. The van der Waals surface area contributed by atoms with Crippen molar-refractivity contribution < 1.29 is 9.90 Å². The normalized spacial score (nSPS) is 25.6. The van der Waals surface area contributed by atoms with Crippen LogP contribution in [0.2, 0.25) is 0 Å². The average Bonchev–Trinajstić information content (AvgIpc) is 2.92. The fraction of sp³-hybridized carbons (Fsp3) is 0.933. The van der Waals surface area contributed by atoms with Gasteiger partial charge in [-0.25, -0.2) is 0 Å². The molecule has 1 saturated carbocycles. The number of piperidine rings is 1. The second-order valence-electron chi connectivity index (χ2n) is 6.07. The summed E-state index contributed by atoms with van der Waals surface area (Å²) in [5, 5.41) is 12.4. The molecule has 19 heavy (non-hydrogen) atoms. The first-order chi connectivity index (χ1) is 9.29. The molecule has 0 aromatic rings. The number of carbonyl (C=O) groups excluding carboxylic acids is 1. The fourth-order valence-corrected chi connectivity index (χ4v) is 3.45. The minimum Gasteiger partial charge on any atom is -0.395 e. The molecule has 4 nitrogen and oxygen atoms in total. The zero-order chi connectivity index (χ0) is 13.5. The van der Waals surface area contributed by atoms with Gasteiger partial charge in [-0.1, -0.05) is 19.3 Å². The summed E-state index contributed by atoms with van der Waals surface area (Å²) in [4.78, 5) is 14.1. The van der Waals surface area contributed by atoms with Gasteiger partial charge in [-0.2, -0.15) is 0 Å². The summed E-state index contributed by atoms with van der Waals surface area (Å²) in [6.07, 6.45) is 9.28. The van der Waals surface area contributed by atoms with E-state index in [1.54, 1.807) is 0 Å². The summed E-state index contributed by atoms with van der Waals surface area (Å²) >= 11 is 0. The van der Waals surface area contributed by atoms with Crippen LogP contribution in [0, 0.1) is 5.92 Å². The third kappa shape index (κ3) is 4.77. The lowest BCUT2D eigenvalue weighted by molar-refractivity contribution is -0.122. The molecule has 2 aliphatic rings. The molecule has 0 spiro atoms. The van der Waals surface area contributed by atoms with Gasteiger partial charge in [0.25, 0.3) is 0 Å². The molecule has 1 saturated heterocycles. The largest absolute Gasteiger partial charge is 0.395 e. The fourth-order valence-electron chi connectivity index (χ4n) is 3.45. The number of aliphatic hydroxyl groups excluding tert-OH is 1. The van der Waals surface area contributed by atoms with E-state index in [9.17, 15) is 9.90 Å². The van der Waals surface area contributed by atoms with Crippen LogP contribution in [0.25, 0.3) is 0 Å². The standard InChI is InChI=1S/C15H28N2O2/c18-12-14-7-3-4-9-17(14)10-8-16-15(19)11-13-5-1-2-6-13/h13-14,18H,1-12H2,(H,16,19)/t14-/m1/s1. The lowest BCUT2D eigenvalue weighted by Crippen LogP contribution is -2.45. The molecular weight excluding hydrogens is 240 g/mol. The number of hydrogen-bond acceptors (Lipinski definition) is 3. The third-order valence-electron chi connectivity index (χ3n) is 4.63. The van der Waals surface area contributed by atoms with Gasteiger partial charge >= 0.3 is 0 Å². The van der Waals surface area contributed by atoms with Gasteiger partial charge in [0.05, 0.1) is 6.61 Å². The topological polar surface area (TPSA) is 52.6 Å². The predicted octanol–water partition coefficient (Wildman–Crippen LogP) is 1.53. The smallest absolute Gasteiger partial charge is 0.220 e. The second-order valence-corrected chi connectivity index (χ2v) is 6.07. The molecule has 1 aliphatic heterocycles. The van der Waals surface area contributed by atoms with E-state index in [1.807, 2.05) is 0 Å². The number of aliphatic hydroxyl groups is 1. The van der Waals surface area contributed by atoms with Crippen LogP contribution in [0.5, 0.6) is 0 Å². The molecule has 1 aliphatic carbocycles. The number of likely N-dealkylation sites (tertiary alicyclic amines) is 1. The molecule has 2 rings (SSSR count). The maximum Gasteiger partial charge on any atom is 0.220 e. The second kappa shape index (κ2) is 7.85. The Bertz CT molecular complexity index is 277. The molecule has 0 aromatic heterocycles. The Kier molecular flexibility index (Phi) is 6.11. The number of carbonyl (C=O) groups is 1. The van der Waals surface area contributed by atoms with Gasteiger partial charge in [-0.05, 0) is 38.1 Å². The van der Waals surface area contributed by atoms with Crippen molar-refractivity contribution in [1.29, 1.82) is 0 Å². The van der Waals surface area contributed by atoms with E-state index in [-0.39, 0.29) is 12.5 Å². The predicted molar refractivity (Wildman–Crippen MR) is 75.9 cm³/mol. The quantitative estimate of drug-likeness (QED) is 0.768. The highest BCUT2D eigenvalue weighted by Gasteiger charge is 2.22. The zero-order valence-corrected chi connectivity index (χ0v) is 11.9. The van der Waals surface area contributed by atoms with Crippen molar-refractivity contribution in [1.82, 2.24) is 10.2 Å².